The Hall–Kier alpha value is -1.07. The summed E-state index contributed by atoms with van der Waals surface area (Å²) in [5, 5.41) is 11.4. The fourth-order valence-corrected chi connectivity index (χ4v) is 4.00. The Balaban J connectivity index is 2.91. The maximum atomic E-state index is 12.4. The van der Waals surface area contributed by atoms with E-state index < -0.39 is 14.2 Å². The van der Waals surface area contributed by atoms with Crippen molar-refractivity contribution in [2.24, 2.45) is 0 Å². The zero-order chi connectivity index (χ0) is 14.3. The summed E-state index contributed by atoms with van der Waals surface area (Å²) in [6, 6.07) is 6.27. The molecule has 0 bridgehead atoms. The summed E-state index contributed by atoms with van der Waals surface area (Å²) >= 11 is -4.44. The van der Waals surface area contributed by atoms with Gasteiger partial charge in [0, 0.05) is 0 Å². The average Bonchev–Trinajstić information content (AvgIpc) is 2.38. The minimum atomic E-state index is -4.44. The molecular formula is C12H18AsNO5. The van der Waals surface area contributed by atoms with Crippen LogP contribution in [-0.2, 0) is 16.1 Å². The normalized spacial score (nSPS) is 13.8. The Bertz CT molecular complexity index is 477. The number of carbonyl (C=O) groups excluding carboxylic acids is 1. The summed E-state index contributed by atoms with van der Waals surface area (Å²) in [5.74, 6) is -0.240. The molecule has 106 valence electrons. The topological polar surface area (TPSA) is 84.9 Å². The molecule has 0 radical (unpaired) electrons. The number of hydrogen-bond acceptors (Lipinski definition) is 5. The fourth-order valence-electron chi connectivity index (χ4n) is 1.43. The van der Waals surface area contributed by atoms with E-state index in [0.29, 0.717) is 5.69 Å². The molecule has 1 atom stereocenters. The van der Waals surface area contributed by atoms with E-state index in [1.807, 2.05) is 6.92 Å². The third-order valence-electron chi connectivity index (χ3n) is 2.35. The molecule has 1 unspecified atom stereocenters. The molecule has 0 saturated carbocycles. The van der Waals surface area contributed by atoms with Gasteiger partial charge in [0.05, 0.1) is 0 Å². The number of benzene rings is 1. The summed E-state index contributed by atoms with van der Waals surface area (Å²) in [6.07, 6.45) is 1.60. The number of carbonyl (C=O) groups is 1. The van der Waals surface area contributed by atoms with E-state index in [9.17, 15) is 8.53 Å². The van der Waals surface area contributed by atoms with Gasteiger partial charge in [0.15, 0.2) is 0 Å². The number of hydrogen-bond donors (Lipinski definition) is 2. The van der Waals surface area contributed by atoms with Crippen LogP contribution in [0.5, 0.6) is 0 Å². The molecule has 0 heterocycles. The van der Waals surface area contributed by atoms with Crippen molar-refractivity contribution in [2.75, 3.05) is 11.9 Å². The molecule has 0 fully saturated rings. The number of rotatable bonds is 7. The van der Waals surface area contributed by atoms with Crippen LogP contribution >= 0.6 is 0 Å². The minimum absolute atomic E-state index is 0.240. The average molecular weight is 331 g/mol. The standard InChI is InChI=1S/C12H18AsNO5/c1-3-4-8-18-13(16,19-17)11-6-5-7-12(9-11)14-10(2)15/h5-7,9,17H,3-4,8H2,1-2H3,(H,14,15). The number of unbranched alkanes of at least 4 members (excludes halogenated alkanes) is 1. The monoisotopic (exact) mass is 331 g/mol. The van der Waals surface area contributed by atoms with Crippen LogP contribution in [0.15, 0.2) is 24.3 Å². The van der Waals surface area contributed by atoms with Crippen molar-refractivity contribution >= 4 is 30.1 Å². The van der Waals surface area contributed by atoms with E-state index in [1.165, 1.54) is 19.1 Å². The molecule has 1 aromatic rings. The molecule has 0 aliphatic heterocycles. The first kappa shape index (κ1) is 16.0. The Kier molecular flexibility index (Phi) is 6.31. The molecule has 2 N–H and O–H groups in total. The molecular weight excluding hydrogens is 313 g/mol. The molecule has 1 rings (SSSR count). The van der Waals surface area contributed by atoms with E-state index in [-0.39, 0.29) is 16.9 Å². The Morgan fingerprint density at radius 3 is 2.79 bits per heavy atom. The molecule has 6 nitrogen and oxygen atoms in total. The molecule has 0 aromatic heterocycles. The van der Waals surface area contributed by atoms with Gasteiger partial charge in [0.1, 0.15) is 0 Å². The van der Waals surface area contributed by atoms with Gasteiger partial charge in [-0.15, -0.1) is 0 Å². The maximum absolute atomic E-state index is 12.4. The van der Waals surface area contributed by atoms with Gasteiger partial charge in [-0.3, -0.25) is 0 Å². The third-order valence-corrected chi connectivity index (χ3v) is 5.81. The van der Waals surface area contributed by atoms with Crippen molar-refractivity contribution in [3.8, 4) is 0 Å². The van der Waals surface area contributed by atoms with Gasteiger partial charge in [0.25, 0.3) is 0 Å². The van der Waals surface area contributed by atoms with Gasteiger partial charge in [-0.25, -0.2) is 0 Å². The predicted octanol–water partition coefficient (Wildman–Crippen LogP) is 1.53. The molecule has 0 aliphatic carbocycles. The van der Waals surface area contributed by atoms with Crippen molar-refractivity contribution in [1.29, 1.82) is 0 Å². The first-order valence-electron chi connectivity index (χ1n) is 5.98. The van der Waals surface area contributed by atoms with Crippen LogP contribution in [0.4, 0.5) is 5.69 Å². The third kappa shape index (κ3) is 4.84. The second-order valence-electron chi connectivity index (χ2n) is 4.00. The van der Waals surface area contributed by atoms with E-state index in [0.717, 1.165) is 12.8 Å². The van der Waals surface area contributed by atoms with E-state index in [2.05, 4.69) is 9.19 Å². The second kappa shape index (κ2) is 7.50. The first-order chi connectivity index (χ1) is 9.01. The molecule has 7 heteroatoms. The predicted molar refractivity (Wildman–Crippen MR) is 71.4 cm³/mol. The van der Waals surface area contributed by atoms with Crippen LogP contribution in [0.2, 0.25) is 0 Å². The quantitative estimate of drug-likeness (QED) is 0.343. The van der Waals surface area contributed by atoms with Gasteiger partial charge >= 0.3 is 114 Å². The van der Waals surface area contributed by atoms with Crippen LogP contribution < -0.4 is 9.67 Å². The zero-order valence-corrected chi connectivity index (χ0v) is 12.8. The van der Waals surface area contributed by atoms with Crippen molar-refractivity contribution in [3.63, 3.8) is 0 Å². The van der Waals surface area contributed by atoms with Gasteiger partial charge in [-0.05, 0) is 0 Å². The van der Waals surface area contributed by atoms with Crippen LogP contribution in [0.1, 0.15) is 26.7 Å². The first-order valence-corrected chi connectivity index (χ1v) is 9.21. The van der Waals surface area contributed by atoms with Crippen LogP contribution in [0.25, 0.3) is 0 Å². The summed E-state index contributed by atoms with van der Waals surface area (Å²) < 4.78 is 21.9. The molecule has 0 saturated heterocycles. The molecule has 19 heavy (non-hydrogen) atoms. The Labute approximate surface area is 115 Å². The molecule has 1 aromatic carbocycles. The Morgan fingerprint density at radius 1 is 1.47 bits per heavy atom. The van der Waals surface area contributed by atoms with Gasteiger partial charge in [-0.2, -0.15) is 0 Å². The second-order valence-corrected chi connectivity index (χ2v) is 8.05. The van der Waals surface area contributed by atoms with Crippen LogP contribution in [0.3, 0.4) is 0 Å². The van der Waals surface area contributed by atoms with Crippen molar-refractivity contribution in [1.82, 2.24) is 0 Å². The fraction of sp³-hybridized carbons (Fsp3) is 0.417. The molecule has 1 amide bonds. The van der Waals surface area contributed by atoms with Crippen molar-refractivity contribution < 1.29 is 21.4 Å². The van der Waals surface area contributed by atoms with E-state index >= 15 is 0 Å². The molecule has 0 spiro atoms. The van der Waals surface area contributed by atoms with Gasteiger partial charge < -0.3 is 0 Å². The summed E-state index contributed by atoms with van der Waals surface area (Å²) in [5.41, 5.74) is 0.475. The van der Waals surface area contributed by atoms with E-state index in [1.54, 1.807) is 12.1 Å². The van der Waals surface area contributed by atoms with E-state index in [4.69, 9.17) is 8.98 Å². The van der Waals surface area contributed by atoms with Crippen LogP contribution in [-0.4, -0.2) is 31.9 Å². The van der Waals surface area contributed by atoms with Crippen molar-refractivity contribution in [2.45, 2.75) is 26.7 Å². The molecule has 0 aliphatic rings. The van der Waals surface area contributed by atoms with Gasteiger partial charge in [0.2, 0.25) is 0 Å². The number of nitrogens with one attached hydrogen (secondary N) is 1. The van der Waals surface area contributed by atoms with Gasteiger partial charge in [-0.1, -0.05) is 0 Å². The van der Waals surface area contributed by atoms with Crippen LogP contribution in [0, 0.1) is 0 Å². The SMILES string of the molecule is CCCCO[As](=O)(OO)c1cccc(NC(C)=O)c1. The Morgan fingerprint density at radius 2 is 2.21 bits per heavy atom. The summed E-state index contributed by atoms with van der Waals surface area (Å²) in [6.45, 7) is 3.59. The zero-order valence-electron chi connectivity index (χ0n) is 11.0. The summed E-state index contributed by atoms with van der Waals surface area (Å²) in [7, 11) is 0. The number of anilines is 1. The van der Waals surface area contributed by atoms with Crippen molar-refractivity contribution in [3.05, 3.63) is 24.3 Å². The number of amides is 1. The summed E-state index contributed by atoms with van der Waals surface area (Å²) in [4.78, 5) is 11.0.